The number of Topliss-reactive ketones (excluding diaryl/α,β-unsaturated/α-hetero) is 1. The maximum absolute atomic E-state index is 11.3. The molecule has 0 aromatic carbocycles. The second-order valence-corrected chi connectivity index (χ2v) is 4.25. The lowest BCUT2D eigenvalue weighted by Crippen LogP contribution is -2.11. The highest BCUT2D eigenvalue weighted by atomic mass is 16.1. The van der Waals surface area contributed by atoms with Crippen molar-refractivity contribution in [3.8, 4) is 0 Å². The summed E-state index contributed by atoms with van der Waals surface area (Å²) in [5, 5.41) is 0. The van der Waals surface area contributed by atoms with Gasteiger partial charge in [0.1, 0.15) is 5.78 Å². The van der Waals surface area contributed by atoms with Crippen molar-refractivity contribution in [3.05, 3.63) is 12.2 Å². The third kappa shape index (κ3) is 8.06. The number of rotatable bonds is 7. The summed E-state index contributed by atoms with van der Waals surface area (Å²) in [6.45, 7) is 4.47. The molecule has 0 N–H and O–H groups in total. The lowest BCUT2D eigenvalue weighted by Gasteiger charge is -2.03. The van der Waals surface area contributed by atoms with E-state index in [1.807, 2.05) is 38.9 Å². The zero-order chi connectivity index (χ0) is 11.8. The Hall–Kier alpha value is -0.960. The molecule has 0 aliphatic heterocycles. The molecule has 3 nitrogen and oxygen atoms in total. The largest absolute Gasteiger partial charge is 0.306 e. The van der Waals surface area contributed by atoms with Crippen molar-refractivity contribution in [2.45, 2.75) is 26.7 Å². The Bertz CT molecular complexity index is 242. The third-order valence-corrected chi connectivity index (χ3v) is 2.04. The molecule has 0 aromatic heterocycles. The van der Waals surface area contributed by atoms with E-state index >= 15 is 0 Å². The second kappa shape index (κ2) is 7.35. The fourth-order valence-electron chi connectivity index (χ4n) is 1.01. The normalized spacial score (nSPS) is 11.6. The third-order valence-electron chi connectivity index (χ3n) is 2.04. The molecule has 0 amide bonds. The van der Waals surface area contributed by atoms with Gasteiger partial charge in [0, 0.05) is 25.3 Å². The number of nitrogens with zero attached hydrogens (tertiary/aromatic N) is 1. The number of likely N-dealkylation sites (N-methyl/N-ethyl adjacent to an activating group) is 1. The Kier molecular flexibility index (Phi) is 6.88. The molecule has 0 radical (unpaired) electrons. The maximum atomic E-state index is 11.3. The minimum Gasteiger partial charge on any atom is -0.306 e. The van der Waals surface area contributed by atoms with Crippen LogP contribution in [0.4, 0.5) is 0 Å². The van der Waals surface area contributed by atoms with Crippen LogP contribution in [0.3, 0.4) is 0 Å². The first-order chi connectivity index (χ1) is 6.93. The molecule has 0 rings (SSSR count). The van der Waals surface area contributed by atoms with Crippen molar-refractivity contribution >= 4 is 11.6 Å². The van der Waals surface area contributed by atoms with Gasteiger partial charge < -0.3 is 4.90 Å². The second-order valence-electron chi connectivity index (χ2n) is 4.25. The molecule has 0 aliphatic rings. The average molecular weight is 211 g/mol. The van der Waals surface area contributed by atoms with Crippen molar-refractivity contribution < 1.29 is 9.59 Å². The van der Waals surface area contributed by atoms with Gasteiger partial charge in [0.05, 0.1) is 0 Å². The number of ketones is 2. The lowest BCUT2D eigenvalue weighted by atomic mass is 10.0. The van der Waals surface area contributed by atoms with Crippen LogP contribution < -0.4 is 0 Å². The van der Waals surface area contributed by atoms with Crippen LogP contribution in [0.25, 0.3) is 0 Å². The summed E-state index contributed by atoms with van der Waals surface area (Å²) in [4.78, 5) is 24.5. The van der Waals surface area contributed by atoms with Crippen molar-refractivity contribution in [3.63, 3.8) is 0 Å². The van der Waals surface area contributed by atoms with Crippen LogP contribution in [0, 0.1) is 5.92 Å². The highest BCUT2D eigenvalue weighted by Gasteiger charge is 2.08. The quantitative estimate of drug-likeness (QED) is 0.601. The molecule has 0 saturated carbocycles. The molecule has 0 unspecified atom stereocenters. The molecule has 0 fully saturated rings. The van der Waals surface area contributed by atoms with Crippen molar-refractivity contribution in [2.24, 2.45) is 5.92 Å². The molecule has 0 spiro atoms. The summed E-state index contributed by atoms with van der Waals surface area (Å²) in [5.41, 5.74) is 0. The topological polar surface area (TPSA) is 37.4 Å². The first kappa shape index (κ1) is 14.0. The predicted octanol–water partition coefficient (Wildman–Crippen LogP) is 1.68. The Labute approximate surface area is 92.1 Å². The van der Waals surface area contributed by atoms with E-state index in [0.29, 0.717) is 12.8 Å². The molecule has 0 heterocycles. The molecular weight excluding hydrogens is 190 g/mol. The van der Waals surface area contributed by atoms with Crippen molar-refractivity contribution in [1.29, 1.82) is 0 Å². The molecule has 0 atom stereocenters. The maximum Gasteiger partial charge on any atom is 0.155 e. The van der Waals surface area contributed by atoms with E-state index in [1.165, 1.54) is 0 Å². The number of hydrogen-bond donors (Lipinski definition) is 0. The van der Waals surface area contributed by atoms with E-state index in [2.05, 4.69) is 0 Å². The Balaban J connectivity index is 3.75. The standard InChI is InChI=1S/C12H21NO2/c1-10(2)12(15)8-7-11(14)6-5-9-13(3)4/h5-6,10H,7-9H2,1-4H3/b6-5+. The van der Waals surface area contributed by atoms with Crippen LogP contribution in [-0.2, 0) is 9.59 Å². The van der Waals surface area contributed by atoms with Crippen LogP contribution in [0.15, 0.2) is 12.2 Å². The van der Waals surface area contributed by atoms with E-state index in [-0.39, 0.29) is 17.5 Å². The van der Waals surface area contributed by atoms with E-state index in [9.17, 15) is 9.59 Å². The lowest BCUT2D eigenvalue weighted by molar-refractivity contribution is -0.124. The van der Waals surface area contributed by atoms with E-state index < -0.39 is 0 Å². The highest BCUT2D eigenvalue weighted by molar-refractivity contribution is 5.93. The minimum atomic E-state index is 0.0311. The van der Waals surface area contributed by atoms with Gasteiger partial charge >= 0.3 is 0 Å². The summed E-state index contributed by atoms with van der Waals surface area (Å²) >= 11 is 0. The van der Waals surface area contributed by atoms with Gasteiger partial charge in [-0.3, -0.25) is 9.59 Å². The van der Waals surface area contributed by atoms with Crippen LogP contribution >= 0.6 is 0 Å². The number of hydrogen-bond acceptors (Lipinski definition) is 3. The first-order valence-corrected chi connectivity index (χ1v) is 5.30. The SMILES string of the molecule is CC(C)C(=O)CCC(=O)/C=C/CN(C)C. The monoisotopic (exact) mass is 211 g/mol. The average Bonchev–Trinajstić information content (AvgIpc) is 2.13. The van der Waals surface area contributed by atoms with Crippen LogP contribution in [0.1, 0.15) is 26.7 Å². The minimum absolute atomic E-state index is 0.0311. The summed E-state index contributed by atoms with van der Waals surface area (Å²) in [6, 6.07) is 0. The number of carbonyl (C=O) groups excluding carboxylic acids is 2. The molecule has 86 valence electrons. The highest BCUT2D eigenvalue weighted by Crippen LogP contribution is 2.02. The predicted molar refractivity (Wildman–Crippen MR) is 61.8 cm³/mol. The van der Waals surface area contributed by atoms with Gasteiger partial charge in [-0.2, -0.15) is 0 Å². The summed E-state index contributed by atoms with van der Waals surface area (Å²) in [6.07, 6.45) is 4.08. The van der Waals surface area contributed by atoms with Crippen LogP contribution in [-0.4, -0.2) is 37.1 Å². The van der Waals surface area contributed by atoms with Crippen molar-refractivity contribution in [2.75, 3.05) is 20.6 Å². The van der Waals surface area contributed by atoms with Gasteiger partial charge in [-0.25, -0.2) is 0 Å². The number of carbonyl (C=O) groups is 2. The van der Waals surface area contributed by atoms with Gasteiger partial charge in [0.2, 0.25) is 0 Å². The number of allylic oxidation sites excluding steroid dienone is 1. The molecule has 15 heavy (non-hydrogen) atoms. The fraction of sp³-hybridized carbons (Fsp3) is 0.667. The summed E-state index contributed by atoms with van der Waals surface area (Å²) < 4.78 is 0. The van der Waals surface area contributed by atoms with Gasteiger partial charge in [0.15, 0.2) is 5.78 Å². The summed E-state index contributed by atoms with van der Waals surface area (Å²) in [7, 11) is 3.88. The van der Waals surface area contributed by atoms with Crippen LogP contribution in [0.5, 0.6) is 0 Å². The van der Waals surface area contributed by atoms with Gasteiger partial charge in [0.25, 0.3) is 0 Å². The summed E-state index contributed by atoms with van der Waals surface area (Å²) in [5.74, 6) is 0.221. The van der Waals surface area contributed by atoms with Gasteiger partial charge in [-0.15, -0.1) is 0 Å². The molecule has 0 aliphatic carbocycles. The van der Waals surface area contributed by atoms with Crippen molar-refractivity contribution in [1.82, 2.24) is 4.90 Å². The van der Waals surface area contributed by atoms with E-state index in [4.69, 9.17) is 0 Å². The fourth-order valence-corrected chi connectivity index (χ4v) is 1.01. The Morgan fingerprint density at radius 3 is 2.27 bits per heavy atom. The Morgan fingerprint density at radius 2 is 1.80 bits per heavy atom. The smallest absolute Gasteiger partial charge is 0.155 e. The van der Waals surface area contributed by atoms with E-state index in [1.54, 1.807) is 6.08 Å². The molecule has 0 aromatic rings. The first-order valence-electron chi connectivity index (χ1n) is 5.30. The molecule has 0 bridgehead atoms. The molecule has 3 heteroatoms. The molecular formula is C12H21NO2. The Morgan fingerprint density at radius 1 is 1.20 bits per heavy atom. The molecule has 0 saturated heterocycles. The zero-order valence-electron chi connectivity index (χ0n) is 10.1. The zero-order valence-corrected chi connectivity index (χ0v) is 10.1. The van der Waals surface area contributed by atoms with E-state index in [0.717, 1.165) is 6.54 Å². The van der Waals surface area contributed by atoms with Gasteiger partial charge in [-0.1, -0.05) is 19.9 Å². The van der Waals surface area contributed by atoms with Crippen LogP contribution in [0.2, 0.25) is 0 Å². The van der Waals surface area contributed by atoms with Gasteiger partial charge in [-0.05, 0) is 20.2 Å².